The molecule has 82 valence electrons. The SMILES string of the molecule is Cc1cc(Br)c(F)c(C2(C)CCCN2)c1. The van der Waals surface area contributed by atoms with Gasteiger partial charge in [0.2, 0.25) is 0 Å². The lowest BCUT2D eigenvalue weighted by atomic mass is 9.89. The van der Waals surface area contributed by atoms with E-state index in [4.69, 9.17) is 0 Å². The first-order chi connectivity index (χ1) is 7.03. The zero-order valence-corrected chi connectivity index (χ0v) is 10.6. The van der Waals surface area contributed by atoms with Crippen LogP contribution in [0, 0.1) is 12.7 Å². The number of hydrogen-bond donors (Lipinski definition) is 1. The lowest BCUT2D eigenvalue weighted by Gasteiger charge is -2.26. The van der Waals surface area contributed by atoms with E-state index >= 15 is 0 Å². The van der Waals surface area contributed by atoms with Crippen molar-refractivity contribution in [2.45, 2.75) is 32.2 Å². The fourth-order valence-electron chi connectivity index (χ4n) is 2.25. The number of aryl methyl sites for hydroxylation is 1. The average molecular weight is 272 g/mol. The van der Waals surface area contributed by atoms with E-state index in [-0.39, 0.29) is 11.4 Å². The maximum Gasteiger partial charge on any atom is 0.142 e. The standard InChI is InChI=1S/C12H15BrFN/c1-8-6-9(11(14)10(13)7-8)12(2)4-3-5-15-12/h6-7,15H,3-5H2,1-2H3. The van der Waals surface area contributed by atoms with Gasteiger partial charge in [-0.2, -0.15) is 0 Å². The Kier molecular flexibility index (Phi) is 2.86. The minimum absolute atomic E-state index is 0.127. The molecule has 1 unspecified atom stereocenters. The predicted molar refractivity (Wildman–Crippen MR) is 63.4 cm³/mol. The Morgan fingerprint density at radius 2 is 2.20 bits per heavy atom. The molecular weight excluding hydrogens is 257 g/mol. The van der Waals surface area contributed by atoms with Crippen molar-refractivity contribution < 1.29 is 4.39 Å². The molecule has 0 radical (unpaired) electrons. The summed E-state index contributed by atoms with van der Waals surface area (Å²) in [5.41, 5.74) is 1.68. The molecule has 1 aliphatic heterocycles. The fourth-order valence-corrected chi connectivity index (χ4v) is 2.83. The van der Waals surface area contributed by atoms with E-state index < -0.39 is 0 Å². The second-order valence-electron chi connectivity index (χ2n) is 4.47. The van der Waals surface area contributed by atoms with Crippen LogP contribution in [-0.4, -0.2) is 6.54 Å². The molecular formula is C12H15BrFN. The normalized spacial score (nSPS) is 25.9. The minimum atomic E-state index is -0.196. The molecule has 1 aromatic carbocycles. The predicted octanol–water partition coefficient (Wildman–Crippen LogP) is 3.50. The highest BCUT2D eigenvalue weighted by Crippen LogP contribution is 2.35. The van der Waals surface area contributed by atoms with Crippen molar-refractivity contribution in [1.29, 1.82) is 0 Å². The molecule has 1 aromatic rings. The van der Waals surface area contributed by atoms with Crippen LogP contribution in [0.25, 0.3) is 0 Å². The lowest BCUT2D eigenvalue weighted by Crippen LogP contribution is -2.34. The third-order valence-electron chi connectivity index (χ3n) is 3.14. The molecule has 3 heteroatoms. The number of benzene rings is 1. The summed E-state index contributed by atoms with van der Waals surface area (Å²) in [5.74, 6) is -0.127. The zero-order valence-electron chi connectivity index (χ0n) is 9.03. The molecule has 0 spiro atoms. The summed E-state index contributed by atoms with van der Waals surface area (Å²) in [6.07, 6.45) is 2.11. The Morgan fingerprint density at radius 1 is 1.47 bits per heavy atom. The van der Waals surface area contributed by atoms with Gasteiger partial charge in [-0.3, -0.25) is 0 Å². The van der Waals surface area contributed by atoms with Crippen LogP contribution in [-0.2, 0) is 5.54 Å². The van der Waals surface area contributed by atoms with Gasteiger partial charge >= 0.3 is 0 Å². The molecule has 0 aromatic heterocycles. The van der Waals surface area contributed by atoms with Gasteiger partial charge in [0, 0.05) is 11.1 Å². The van der Waals surface area contributed by atoms with Gasteiger partial charge in [0.25, 0.3) is 0 Å². The summed E-state index contributed by atoms with van der Waals surface area (Å²) in [6, 6.07) is 3.76. The molecule has 0 saturated carbocycles. The number of halogens is 2. The van der Waals surface area contributed by atoms with E-state index in [1.54, 1.807) is 0 Å². The molecule has 1 atom stereocenters. The first-order valence-electron chi connectivity index (χ1n) is 5.24. The first-order valence-corrected chi connectivity index (χ1v) is 6.03. The minimum Gasteiger partial charge on any atom is -0.308 e. The largest absolute Gasteiger partial charge is 0.308 e. The highest BCUT2D eigenvalue weighted by atomic mass is 79.9. The van der Waals surface area contributed by atoms with Crippen LogP contribution in [0.15, 0.2) is 16.6 Å². The molecule has 0 aliphatic carbocycles. The van der Waals surface area contributed by atoms with Crippen molar-refractivity contribution >= 4 is 15.9 Å². The Labute approximate surface area is 98.2 Å². The van der Waals surface area contributed by atoms with E-state index in [9.17, 15) is 4.39 Å². The number of rotatable bonds is 1. The smallest absolute Gasteiger partial charge is 0.142 e. The molecule has 1 saturated heterocycles. The molecule has 0 amide bonds. The van der Waals surface area contributed by atoms with E-state index in [2.05, 4.69) is 28.2 Å². The summed E-state index contributed by atoms with van der Waals surface area (Å²) in [6.45, 7) is 5.04. The van der Waals surface area contributed by atoms with Crippen LogP contribution < -0.4 is 5.32 Å². The topological polar surface area (TPSA) is 12.0 Å². The Hall–Kier alpha value is -0.410. The monoisotopic (exact) mass is 271 g/mol. The summed E-state index contributed by atoms with van der Waals surface area (Å²) >= 11 is 3.27. The Morgan fingerprint density at radius 3 is 2.80 bits per heavy atom. The second kappa shape index (κ2) is 3.87. The summed E-state index contributed by atoms with van der Waals surface area (Å²) in [4.78, 5) is 0. The van der Waals surface area contributed by atoms with Gasteiger partial charge in [0.05, 0.1) is 4.47 Å². The van der Waals surface area contributed by atoms with Crippen molar-refractivity contribution in [3.63, 3.8) is 0 Å². The summed E-state index contributed by atoms with van der Waals surface area (Å²) in [7, 11) is 0. The molecule has 1 aliphatic rings. The van der Waals surface area contributed by atoms with Crippen LogP contribution in [0.3, 0.4) is 0 Å². The average Bonchev–Trinajstić information content (AvgIpc) is 2.59. The highest BCUT2D eigenvalue weighted by Gasteiger charge is 2.33. The third-order valence-corrected chi connectivity index (χ3v) is 3.71. The zero-order chi connectivity index (χ0) is 11.1. The molecule has 15 heavy (non-hydrogen) atoms. The van der Waals surface area contributed by atoms with Gasteiger partial charge in [-0.05, 0) is 60.8 Å². The van der Waals surface area contributed by atoms with Gasteiger partial charge in [0.1, 0.15) is 5.82 Å². The lowest BCUT2D eigenvalue weighted by molar-refractivity contribution is 0.409. The quantitative estimate of drug-likeness (QED) is 0.825. The van der Waals surface area contributed by atoms with Gasteiger partial charge in [-0.1, -0.05) is 6.07 Å². The summed E-state index contributed by atoms with van der Waals surface area (Å²) in [5, 5.41) is 3.38. The molecule has 1 heterocycles. The molecule has 2 rings (SSSR count). The Bertz CT molecular complexity index is 383. The van der Waals surface area contributed by atoms with Gasteiger partial charge in [0.15, 0.2) is 0 Å². The van der Waals surface area contributed by atoms with Crippen molar-refractivity contribution in [2.75, 3.05) is 6.54 Å². The van der Waals surface area contributed by atoms with Crippen molar-refractivity contribution in [3.05, 3.63) is 33.5 Å². The van der Waals surface area contributed by atoms with E-state index in [1.165, 1.54) is 0 Å². The Balaban J connectivity index is 2.51. The van der Waals surface area contributed by atoms with Crippen LogP contribution >= 0.6 is 15.9 Å². The van der Waals surface area contributed by atoms with Gasteiger partial charge < -0.3 is 5.32 Å². The van der Waals surface area contributed by atoms with Crippen LogP contribution in [0.2, 0.25) is 0 Å². The van der Waals surface area contributed by atoms with Crippen molar-refractivity contribution in [3.8, 4) is 0 Å². The molecule has 1 N–H and O–H groups in total. The van der Waals surface area contributed by atoms with E-state index in [0.29, 0.717) is 4.47 Å². The fraction of sp³-hybridized carbons (Fsp3) is 0.500. The van der Waals surface area contributed by atoms with Crippen LogP contribution in [0.5, 0.6) is 0 Å². The van der Waals surface area contributed by atoms with Crippen LogP contribution in [0.4, 0.5) is 4.39 Å². The van der Waals surface area contributed by atoms with E-state index in [0.717, 1.165) is 30.5 Å². The number of nitrogens with one attached hydrogen (secondary N) is 1. The summed E-state index contributed by atoms with van der Waals surface area (Å²) < 4.78 is 14.6. The van der Waals surface area contributed by atoms with Gasteiger partial charge in [-0.15, -0.1) is 0 Å². The van der Waals surface area contributed by atoms with Crippen molar-refractivity contribution in [2.24, 2.45) is 0 Å². The van der Waals surface area contributed by atoms with Crippen molar-refractivity contribution in [1.82, 2.24) is 5.32 Å². The second-order valence-corrected chi connectivity index (χ2v) is 5.33. The third kappa shape index (κ3) is 1.95. The maximum absolute atomic E-state index is 14.0. The van der Waals surface area contributed by atoms with E-state index in [1.807, 2.05) is 19.1 Å². The van der Waals surface area contributed by atoms with Crippen LogP contribution in [0.1, 0.15) is 30.9 Å². The molecule has 0 bridgehead atoms. The molecule has 1 nitrogen and oxygen atoms in total. The van der Waals surface area contributed by atoms with Gasteiger partial charge in [-0.25, -0.2) is 4.39 Å². The molecule has 1 fully saturated rings. The first kappa shape index (κ1) is 11.1. The maximum atomic E-state index is 14.0. The highest BCUT2D eigenvalue weighted by molar-refractivity contribution is 9.10. The number of hydrogen-bond acceptors (Lipinski definition) is 1.